The average Bonchev–Trinajstić information content (AvgIpc) is 2.61. The minimum atomic E-state index is -5.97. The van der Waals surface area contributed by atoms with Crippen LogP contribution in [0, 0.1) is 6.92 Å². The van der Waals surface area contributed by atoms with E-state index in [1.165, 1.54) is 31.2 Å². The maximum Gasteiger partial charge on any atom is 0.534 e. The van der Waals surface area contributed by atoms with Crippen molar-refractivity contribution in [2.45, 2.75) is 52.1 Å². The van der Waals surface area contributed by atoms with Crippen LogP contribution in [0.15, 0.2) is 24.3 Å². The van der Waals surface area contributed by atoms with Gasteiger partial charge in [-0.15, -0.1) is 0 Å². The van der Waals surface area contributed by atoms with E-state index in [4.69, 9.17) is 9.84 Å². The highest BCUT2D eigenvalue weighted by molar-refractivity contribution is 7.88. The number of fused-ring (bicyclic) bond motifs is 1. The van der Waals surface area contributed by atoms with Gasteiger partial charge < -0.3 is 14.0 Å². The summed E-state index contributed by atoms with van der Waals surface area (Å²) in [5, 5.41) is 8.82. The molecule has 1 N–H and O–H groups in total. The summed E-state index contributed by atoms with van der Waals surface area (Å²) in [6.45, 7) is 8.31. The molecule has 0 heterocycles. The second kappa shape index (κ2) is 10.3. The molecule has 0 unspecified atom stereocenters. The van der Waals surface area contributed by atoms with E-state index in [-0.39, 0.29) is 28.5 Å². The summed E-state index contributed by atoms with van der Waals surface area (Å²) < 4.78 is 70.7. The fourth-order valence-electron chi connectivity index (χ4n) is 2.47. The number of ether oxygens (including phenoxy) is 1. The lowest BCUT2D eigenvalue weighted by Crippen LogP contribution is -2.28. The maximum absolute atomic E-state index is 12.8. The van der Waals surface area contributed by atoms with Crippen LogP contribution in [0.4, 0.5) is 13.2 Å². The molecule has 11 heteroatoms. The molecule has 0 aliphatic carbocycles. The first kappa shape index (κ1) is 27.4. The second-order valence-corrected chi connectivity index (χ2v) is 9.27. The molecule has 0 saturated carbocycles. The summed E-state index contributed by atoms with van der Waals surface area (Å²) in [5.74, 6) is -1.37. The van der Waals surface area contributed by atoms with Crippen LogP contribution < -0.4 is 4.18 Å². The quantitative estimate of drug-likeness (QED) is 0.289. The van der Waals surface area contributed by atoms with Gasteiger partial charge in [0.05, 0.1) is 18.6 Å². The van der Waals surface area contributed by atoms with Crippen LogP contribution in [0.25, 0.3) is 10.8 Å². The molecule has 0 bridgehead atoms. The Kier molecular flexibility index (Phi) is 8.82. The molecule has 0 amide bonds. The van der Waals surface area contributed by atoms with Crippen LogP contribution in [0.5, 0.6) is 5.75 Å². The van der Waals surface area contributed by atoms with Gasteiger partial charge in [-0.05, 0) is 57.7 Å². The van der Waals surface area contributed by atoms with E-state index in [1.807, 2.05) is 0 Å². The van der Waals surface area contributed by atoms with Crippen molar-refractivity contribution >= 4 is 33.1 Å². The number of rotatable bonds is 6. The Morgan fingerprint density at radius 2 is 1.72 bits per heavy atom. The summed E-state index contributed by atoms with van der Waals surface area (Å²) in [4.78, 5) is 22.7. The smallest absolute Gasteiger partial charge is 0.466 e. The zero-order valence-electron chi connectivity index (χ0n) is 18.2. The van der Waals surface area contributed by atoms with Crippen molar-refractivity contribution in [1.82, 2.24) is 0 Å². The third-order valence-corrected chi connectivity index (χ3v) is 4.63. The van der Waals surface area contributed by atoms with E-state index in [0.717, 1.165) is 0 Å². The number of benzene rings is 2. The maximum atomic E-state index is 12.8. The highest BCUT2D eigenvalue weighted by Gasteiger charge is 2.49. The topological polar surface area (TPSA) is 107 Å². The third kappa shape index (κ3) is 7.79. The summed E-state index contributed by atoms with van der Waals surface area (Å²) in [6, 6.07) is 5.45. The van der Waals surface area contributed by atoms with Crippen LogP contribution in [-0.2, 0) is 26.1 Å². The highest BCUT2D eigenvalue weighted by atomic mass is 32.2. The van der Waals surface area contributed by atoms with Crippen LogP contribution in [-0.4, -0.2) is 43.5 Å². The molecular formula is C21H25F3O7S. The molecule has 32 heavy (non-hydrogen) atoms. The fourth-order valence-corrected chi connectivity index (χ4v) is 2.98. The standard InChI is InChI=1S/C17H15F3O6S.C4H10O/c1-3-25-15(22)8-14-10(2)6-12-7-11(9-21)4-5-13(12)16(14)26-27(23,24)17(18,19)20;1-4(2,3)5/h4-7,9H,3,8H2,1-2H3;5H,1-3H3. The molecule has 7 nitrogen and oxygen atoms in total. The first-order valence-corrected chi connectivity index (χ1v) is 10.8. The molecule has 0 fully saturated rings. The van der Waals surface area contributed by atoms with Gasteiger partial charge in [0.1, 0.15) is 6.29 Å². The molecular weight excluding hydrogens is 453 g/mol. The minimum Gasteiger partial charge on any atom is -0.466 e. The lowest BCUT2D eigenvalue weighted by molar-refractivity contribution is -0.142. The van der Waals surface area contributed by atoms with Crippen LogP contribution in [0.3, 0.4) is 0 Å². The molecule has 2 aromatic rings. The summed E-state index contributed by atoms with van der Waals surface area (Å²) in [7, 11) is -5.97. The van der Waals surface area contributed by atoms with Gasteiger partial charge in [0.15, 0.2) is 5.75 Å². The Morgan fingerprint density at radius 3 is 2.19 bits per heavy atom. The van der Waals surface area contributed by atoms with Crippen molar-refractivity contribution in [2.75, 3.05) is 6.61 Å². The molecule has 178 valence electrons. The predicted molar refractivity (Wildman–Crippen MR) is 112 cm³/mol. The first-order valence-electron chi connectivity index (χ1n) is 9.40. The Bertz CT molecular complexity index is 1080. The first-order chi connectivity index (χ1) is 14.5. The zero-order chi connectivity index (χ0) is 24.9. The molecule has 0 atom stereocenters. The third-order valence-electron chi connectivity index (χ3n) is 3.68. The number of carbonyl (C=O) groups excluding carboxylic acids is 2. The average molecular weight is 478 g/mol. The van der Waals surface area contributed by atoms with Crippen molar-refractivity contribution in [3.8, 4) is 5.75 Å². The van der Waals surface area contributed by atoms with Crippen molar-refractivity contribution in [3.63, 3.8) is 0 Å². The lowest BCUT2D eigenvalue weighted by atomic mass is 9.97. The SMILES string of the molecule is CC(C)(C)O.CCOC(=O)Cc1c(C)cc2cc(C=O)ccc2c1OS(=O)(=O)C(F)(F)F. The number of halogens is 3. The Balaban J connectivity index is 0.000000920. The van der Waals surface area contributed by atoms with Gasteiger partial charge >= 0.3 is 21.6 Å². The van der Waals surface area contributed by atoms with E-state index in [2.05, 4.69) is 4.18 Å². The van der Waals surface area contributed by atoms with Gasteiger partial charge in [-0.3, -0.25) is 9.59 Å². The fraction of sp³-hybridized carbons (Fsp3) is 0.429. The number of esters is 1. The number of aldehydes is 1. The Morgan fingerprint density at radius 1 is 1.16 bits per heavy atom. The summed E-state index contributed by atoms with van der Waals surface area (Å²) in [5.41, 5.74) is -5.64. The predicted octanol–water partition coefficient (Wildman–Crippen LogP) is 4.07. The van der Waals surface area contributed by atoms with Crippen LogP contribution in [0.2, 0.25) is 0 Å². The van der Waals surface area contributed by atoms with Gasteiger partial charge in [0.25, 0.3) is 0 Å². The normalized spacial score (nSPS) is 12.0. The molecule has 0 saturated heterocycles. The summed E-state index contributed by atoms with van der Waals surface area (Å²) >= 11 is 0. The molecule has 0 spiro atoms. The number of aliphatic hydroxyl groups is 1. The van der Waals surface area contributed by atoms with Gasteiger partial charge in [0, 0.05) is 16.5 Å². The van der Waals surface area contributed by atoms with Crippen molar-refractivity contribution in [1.29, 1.82) is 0 Å². The number of hydrogen-bond acceptors (Lipinski definition) is 7. The Hall–Kier alpha value is -2.66. The highest BCUT2D eigenvalue weighted by Crippen LogP contribution is 2.37. The molecule has 0 aliphatic rings. The van der Waals surface area contributed by atoms with Gasteiger partial charge in [0.2, 0.25) is 0 Å². The van der Waals surface area contributed by atoms with Crippen molar-refractivity contribution in [2.24, 2.45) is 0 Å². The van der Waals surface area contributed by atoms with Crippen molar-refractivity contribution < 1.29 is 45.2 Å². The molecule has 2 aromatic carbocycles. The van der Waals surface area contributed by atoms with E-state index >= 15 is 0 Å². The summed E-state index contributed by atoms with van der Waals surface area (Å²) in [6.07, 6.45) is 0.0576. The largest absolute Gasteiger partial charge is 0.534 e. The van der Waals surface area contributed by atoms with Crippen LogP contribution in [0.1, 0.15) is 49.2 Å². The zero-order valence-corrected chi connectivity index (χ0v) is 19.1. The molecule has 0 aromatic heterocycles. The monoisotopic (exact) mass is 478 g/mol. The van der Waals surface area contributed by atoms with E-state index in [9.17, 15) is 31.2 Å². The van der Waals surface area contributed by atoms with Crippen LogP contribution >= 0.6 is 0 Å². The molecule has 2 rings (SSSR count). The molecule has 0 radical (unpaired) electrons. The van der Waals surface area contributed by atoms with Gasteiger partial charge in [-0.1, -0.05) is 12.1 Å². The number of hydrogen-bond donors (Lipinski definition) is 1. The Labute approximate surface area is 184 Å². The van der Waals surface area contributed by atoms with E-state index in [0.29, 0.717) is 11.8 Å². The van der Waals surface area contributed by atoms with E-state index < -0.39 is 39.4 Å². The van der Waals surface area contributed by atoms with Crippen molar-refractivity contribution in [3.05, 3.63) is 41.0 Å². The molecule has 0 aliphatic heterocycles. The van der Waals surface area contributed by atoms with E-state index in [1.54, 1.807) is 27.7 Å². The second-order valence-electron chi connectivity index (χ2n) is 7.74. The number of alkyl halides is 3. The number of aryl methyl sites for hydroxylation is 1. The van der Waals surface area contributed by atoms with Gasteiger partial charge in [-0.2, -0.15) is 21.6 Å². The van der Waals surface area contributed by atoms with Gasteiger partial charge in [-0.25, -0.2) is 0 Å². The lowest BCUT2D eigenvalue weighted by Gasteiger charge is -2.17. The number of carbonyl (C=O) groups is 2. The minimum absolute atomic E-state index is 0.0123.